The molecule has 0 aliphatic heterocycles. The largest absolute Gasteiger partial charge is 0.391 e. The Balaban J connectivity index is 3.04. The number of allylic oxidation sites excluding steroid dienone is 2. The zero-order chi connectivity index (χ0) is 12.6. The molecule has 2 nitrogen and oxygen atoms in total. The molecule has 0 aliphatic rings. The molecule has 1 aromatic rings. The highest BCUT2D eigenvalue weighted by Gasteiger charge is 2.38. The third-order valence-corrected chi connectivity index (χ3v) is 6.09. The van der Waals surface area contributed by atoms with E-state index in [2.05, 4.69) is 24.3 Å². The first kappa shape index (κ1) is 14.2. The van der Waals surface area contributed by atoms with E-state index in [1.54, 1.807) is 0 Å². The quantitative estimate of drug-likeness (QED) is 0.547. The van der Waals surface area contributed by atoms with E-state index in [1.165, 1.54) is 5.19 Å². The van der Waals surface area contributed by atoms with Gasteiger partial charge in [-0.3, -0.25) is 0 Å². The molecule has 0 bridgehead atoms. The summed E-state index contributed by atoms with van der Waals surface area (Å²) in [6.07, 6.45) is 4.20. The zero-order valence-corrected chi connectivity index (χ0v) is 12.0. The minimum Gasteiger partial charge on any atom is -0.391 e. The summed E-state index contributed by atoms with van der Waals surface area (Å²) < 4.78 is 12.0. The third kappa shape index (κ3) is 3.80. The molecular formula is C14H22O2Si. The van der Waals surface area contributed by atoms with Gasteiger partial charge in [-0.25, -0.2) is 0 Å². The molecule has 0 unspecified atom stereocenters. The predicted molar refractivity (Wildman–Crippen MR) is 74.7 cm³/mol. The Kier molecular flexibility index (Phi) is 6.19. The van der Waals surface area contributed by atoms with Gasteiger partial charge in [-0.15, -0.1) is 0 Å². The Morgan fingerprint density at radius 1 is 1.06 bits per heavy atom. The van der Waals surface area contributed by atoms with E-state index in [1.807, 2.05) is 39.0 Å². The Bertz CT molecular complexity index is 329. The van der Waals surface area contributed by atoms with Crippen LogP contribution in [0.15, 0.2) is 42.5 Å². The molecule has 1 aromatic carbocycles. The van der Waals surface area contributed by atoms with Gasteiger partial charge in [-0.05, 0) is 26.0 Å². The van der Waals surface area contributed by atoms with Crippen LogP contribution in [-0.2, 0) is 8.85 Å². The number of rotatable bonds is 7. The Hall–Kier alpha value is -0.903. The summed E-state index contributed by atoms with van der Waals surface area (Å²) in [5.74, 6) is 0. The lowest BCUT2D eigenvalue weighted by atomic mass is 10.4. The summed E-state index contributed by atoms with van der Waals surface area (Å²) in [4.78, 5) is 0. The van der Waals surface area contributed by atoms with Crippen LogP contribution in [0.2, 0.25) is 6.04 Å². The molecule has 0 fully saturated rings. The van der Waals surface area contributed by atoms with Crippen molar-refractivity contribution in [3.63, 3.8) is 0 Å². The van der Waals surface area contributed by atoms with Gasteiger partial charge in [0.05, 0.1) is 0 Å². The Labute approximate surface area is 106 Å². The fourth-order valence-corrected chi connectivity index (χ4v) is 4.94. The lowest BCUT2D eigenvalue weighted by Crippen LogP contribution is -2.53. The first-order valence-electron chi connectivity index (χ1n) is 6.23. The molecule has 0 heterocycles. The van der Waals surface area contributed by atoms with E-state index in [9.17, 15) is 0 Å². The fourth-order valence-electron chi connectivity index (χ4n) is 1.88. The molecule has 0 saturated heterocycles. The SMILES string of the molecule is CC=CC[Si](OCC)(OCC)c1ccccc1. The van der Waals surface area contributed by atoms with Gasteiger partial charge in [0.2, 0.25) is 0 Å². The summed E-state index contributed by atoms with van der Waals surface area (Å²) in [6, 6.07) is 11.2. The van der Waals surface area contributed by atoms with Gasteiger partial charge in [-0.1, -0.05) is 42.5 Å². The number of hydrogen-bond acceptors (Lipinski definition) is 2. The van der Waals surface area contributed by atoms with Crippen molar-refractivity contribution in [3.05, 3.63) is 42.5 Å². The summed E-state index contributed by atoms with van der Waals surface area (Å²) in [5.41, 5.74) is 0. The minimum absolute atomic E-state index is 0.693. The number of benzene rings is 1. The summed E-state index contributed by atoms with van der Waals surface area (Å²) in [7, 11) is -2.28. The molecular weight excluding hydrogens is 228 g/mol. The molecule has 94 valence electrons. The minimum atomic E-state index is -2.28. The topological polar surface area (TPSA) is 18.5 Å². The lowest BCUT2D eigenvalue weighted by molar-refractivity contribution is 0.198. The van der Waals surface area contributed by atoms with Gasteiger partial charge >= 0.3 is 8.56 Å². The second kappa shape index (κ2) is 7.43. The average Bonchev–Trinajstić information content (AvgIpc) is 2.37. The smallest absolute Gasteiger partial charge is 0.376 e. The summed E-state index contributed by atoms with van der Waals surface area (Å²) in [6.45, 7) is 7.47. The van der Waals surface area contributed by atoms with Crippen LogP contribution in [0, 0.1) is 0 Å². The van der Waals surface area contributed by atoms with Crippen molar-refractivity contribution in [1.29, 1.82) is 0 Å². The average molecular weight is 250 g/mol. The molecule has 0 spiro atoms. The highest BCUT2D eigenvalue weighted by Crippen LogP contribution is 2.15. The van der Waals surface area contributed by atoms with Crippen LogP contribution in [0.5, 0.6) is 0 Å². The van der Waals surface area contributed by atoms with Crippen LogP contribution in [0.3, 0.4) is 0 Å². The molecule has 0 saturated carbocycles. The van der Waals surface area contributed by atoms with Crippen molar-refractivity contribution < 1.29 is 8.85 Å². The van der Waals surface area contributed by atoms with E-state index in [0.29, 0.717) is 13.2 Å². The molecule has 0 N–H and O–H groups in total. The van der Waals surface area contributed by atoms with Gasteiger partial charge in [0, 0.05) is 19.3 Å². The molecule has 0 radical (unpaired) electrons. The van der Waals surface area contributed by atoms with Crippen molar-refractivity contribution in [1.82, 2.24) is 0 Å². The van der Waals surface area contributed by atoms with E-state index >= 15 is 0 Å². The van der Waals surface area contributed by atoms with Crippen molar-refractivity contribution in [2.75, 3.05) is 13.2 Å². The van der Waals surface area contributed by atoms with E-state index < -0.39 is 8.56 Å². The van der Waals surface area contributed by atoms with Crippen LogP contribution in [-0.4, -0.2) is 21.8 Å². The fraction of sp³-hybridized carbons (Fsp3) is 0.429. The second-order valence-electron chi connectivity index (χ2n) is 3.76. The zero-order valence-electron chi connectivity index (χ0n) is 11.0. The van der Waals surface area contributed by atoms with Crippen molar-refractivity contribution in [2.45, 2.75) is 26.8 Å². The highest BCUT2D eigenvalue weighted by molar-refractivity contribution is 6.81. The van der Waals surface area contributed by atoms with Crippen molar-refractivity contribution >= 4 is 13.7 Å². The molecule has 0 aliphatic carbocycles. The van der Waals surface area contributed by atoms with Gasteiger partial charge in [0.15, 0.2) is 0 Å². The first-order valence-corrected chi connectivity index (χ1v) is 8.26. The third-order valence-electron chi connectivity index (χ3n) is 2.59. The summed E-state index contributed by atoms with van der Waals surface area (Å²) in [5, 5.41) is 1.21. The molecule has 0 amide bonds. The molecule has 0 aromatic heterocycles. The molecule has 1 rings (SSSR count). The normalized spacial score (nSPS) is 12.2. The maximum atomic E-state index is 6.02. The standard InChI is InChI=1S/C14H22O2Si/c1-4-7-13-17(15-5-2,16-6-3)14-11-9-8-10-12-14/h4,7-12H,5-6,13H2,1-3H3. The predicted octanol–water partition coefficient (Wildman–Crippen LogP) is 2.98. The number of hydrogen-bond donors (Lipinski definition) is 0. The van der Waals surface area contributed by atoms with Crippen LogP contribution in [0.1, 0.15) is 20.8 Å². The van der Waals surface area contributed by atoms with Gasteiger partial charge in [0.25, 0.3) is 0 Å². The Morgan fingerprint density at radius 3 is 2.12 bits per heavy atom. The van der Waals surface area contributed by atoms with E-state index in [-0.39, 0.29) is 0 Å². The highest BCUT2D eigenvalue weighted by atomic mass is 28.4. The van der Waals surface area contributed by atoms with Gasteiger partial charge in [-0.2, -0.15) is 0 Å². The van der Waals surface area contributed by atoms with Crippen molar-refractivity contribution in [2.24, 2.45) is 0 Å². The molecule has 3 heteroatoms. The van der Waals surface area contributed by atoms with Gasteiger partial charge in [0.1, 0.15) is 0 Å². The van der Waals surface area contributed by atoms with Crippen LogP contribution >= 0.6 is 0 Å². The van der Waals surface area contributed by atoms with Gasteiger partial charge < -0.3 is 8.85 Å². The molecule has 0 atom stereocenters. The monoisotopic (exact) mass is 250 g/mol. The van der Waals surface area contributed by atoms with Crippen LogP contribution < -0.4 is 5.19 Å². The lowest BCUT2D eigenvalue weighted by Gasteiger charge is -2.29. The van der Waals surface area contributed by atoms with Crippen molar-refractivity contribution in [3.8, 4) is 0 Å². The maximum absolute atomic E-state index is 6.02. The van der Waals surface area contributed by atoms with Crippen LogP contribution in [0.25, 0.3) is 0 Å². The molecule has 17 heavy (non-hydrogen) atoms. The maximum Gasteiger partial charge on any atom is 0.376 e. The second-order valence-corrected chi connectivity index (χ2v) is 6.83. The first-order chi connectivity index (χ1) is 8.29. The summed E-state index contributed by atoms with van der Waals surface area (Å²) >= 11 is 0. The Morgan fingerprint density at radius 2 is 1.65 bits per heavy atom. The van der Waals surface area contributed by atoms with E-state index in [0.717, 1.165) is 6.04 Å². The van der Waals surface area contributed by atoms with E-state index in [4.69, 9.17) is 8.85 Å². The van der Waals surface area contributed by atoms with Crippen LogP contribution in [0.4, 0.5) is 0 Å².